The summed E-state index contributed by atoms with van der Waals surface area (Å²) in [5.74, 6) is -1.35. The summed E-state index contributed by atoms with van der Waals surface area (Å²) in [5, 5.41) is 13.1. The van der Waals surface area contributed by atoms with E-state index in [0.29, 0.717) is 34.6 Å². The molecule has 0 bridgehead atoms. The first-order chi connectivity index (χ1) is 16.3. The number of nitrogens with one attached hydrogen (secondary N) is 1. The molecule has 0 atom stereocenters. The number of halogens is 2. The predicted molar refractivity (Wildman–Crippen MR) is 127 cm³/mol. The molecule has 7 nitrogen and oxygen atoms in total. The number of ether oxygens (including phenoxy) is 2. The molecule has 0 radical (unpaired) electrons. The summed E-state index contributed by atoms with van der Waals surface area (Å²) < 4.78 is 42.3. The van der Waals surface area contributed by atoms with Crippen molar-refractivity contribution in [3.63, 3.8) is 0 Å². The number of carboxylic acids is 1. The number of aromatic carboxylic acids is 1. The Balaban J connectivity index is 1.57. The summed E-state index contributed by atoms with van der Waals surface area (Å²) in [7, 11) is 1.54. The van der Waals surface area contributed by atoms with Crippen LogP contribution in [0, 0.1) is 18.6 Å². The quantitative estimate of drug-likeness (QED) is 0.321. The molecule has 0 aliphatic rings. The van der Waals surface area contributed by atoms with Gasteiger partial charge in [-0.2, -0.15) is 0 Å². The Morgan fingerprint density at radius 2 is 2.03 bits per heavy atom. The third-order valence-corrected chi connectivity index (χ3v) is 6.47. The molecular formula is C24H23F2N3O4S. The summed E-state index contributed by atoms with van der Waals surface area (Å²) in [6.45, 7) is 4.60. The van der Waals surface area contributed by atoms with Gasteiger partial charge in [-0.15, -0.1) is 11.3 Å². The number of aromatic nitrogens is 2. The Kier molecular flexibility index (Phi) is 6.69. The molecule has 3 aromatic heterocycles. The molecule has 0 spiro atoms. The number of carboxylic acid groups (broad SMARTS) is 1. The van der Waals surface area contributed by atoms with Crippen LogP contribution in [0.2, 0.25) is 0 Å². The van der Waals surface area contributed by atoms with Crippen molar-refractivity contribution >= 4 is 33.9 Å². The van der Waals surface area contributed by atoms with E-state index >= 15 is 4.39 Å². The van der Waals surface area contributed by atoms with Gasteiger partial charge in [0.25, 0.3) is 0 Å². The first kappa shape index (κ1) is 23.5. The van der Waals surface area contributed by atoms with Crippen LogP contribution in [-0.4, -0.2) is 40.9 Å². The van der Waals surface area contributed by atoms with Gasteiger partial charge < -0.3 is 24.5 Å². The second-order valence-corrected chi connectivity index (χ2v) is 8.49. The molecule has 2 N–H and O–H groups in total. The maximum absolute atomic E-state index is 15.3. The van der Waals surface area contributed by atoms with E-state index in [0.717, 1.165) is 17.0 Å². The van der Waals surface area contributed by atoms with Crippen molar-refractivity contribution in [3.05, 3.63) is 58.7 Å². The largest absolute Gasteiger partial charge is 0.496 e. The normalized spacial score (nSPS) is 11.1. The fourth-order valence-corrected chi connectivity index (χ4v) is 4.79. The van der Waals surface area contributed by atoms with E-state index in [-0.39, 0.29) is 34.4 Å². The number of carbonyl (C=O) groups is 1. The monoisotopic (exact) mass is 487 g/mol. The van der Waals surface area contributed by atoms with E-state index < -0.39 is 11.8 Å². The van der Waals surface area contributed by atoms with Crippen LogP contribution >= 0.6 is 11.3 Å². The number of nitrogens with zero attached hydrogens (tertiary/aromatic N) is 2. The average molecular weight is 488 g/mol. The fourth-order valence-electron chi connectivity index (χ4n) is 3.86. The minimum Gasteiger partial charge on any atom is -0.496 e. The Hall–Kier alpha value is -3.66. The minimum atomic E-state index is -1.15. The lowest BCUT2D eigenvalue weighted by atomic mass is 10.2. The van der Waals surface area contributed by atoms with Gasteiger partial charge in [0, 0.05) is 36.4 Å². The van der Waals surface area contributed by atoms with Crippen molar-refractivity contribution in [1.82, 2.24) is 9.55 Å². The molecule has 10 heteroatoms. The van der Waals surface area contributed by atoms with Crippen LogP contribution in [-0.2, 0) is 6.54 Å². The van der Waals surface area contributed by atoms with Crippen molar-refractivity contribution in [2.45, 2.75) is 20.4 Å². The van der Waals surface area contributed by atoms with E-state index in [1.165, 1.54) is 31.5 Å². The highest BCUT2D eigenvalue weighted by Crippen LogP contribution is 2.38. The van der Waals surface area contributed by atoms with Gasteiger partial charge in [0.2, 0.25) is 0 Å². The zero-order valence-electron chi connectivity index (χ0n) is 18.8. The maximum atomic E-state index is 15.3. The Bertz CT molecular complexity index is 1370. The summed E-state index contributed by atoms with van der Waals surface area (Å²) in [6.07, 6.45) is 1.45. The van der Waals surface area contributed by atoms with Crippen molar-refractivity contribution in [3.8, 4) is 22.1 Å². The number of hydrogen-bond donors (Lipinski definition) is 2. The second-order valence-electron chi connectivity index (χ2n) is 7.44. The number of benzene rings is 1. The fraction of sp³-hybridized carbons (Fsp3) is 0.250. The van der Waals surface area contributed by atoms with Gasteiger partial charge in [-0.1, -0.05) is 0 Å². The number of methoxy groups -OCH3 is 1. The molecule has 1 aromatic carbocycles. The first-order valence-electron chi connectivity index (χ1n) is 10.6. The Morgan fingerprint density at radius 1 is 1.24 bits per heavy atom. The number of thiophene rings is 1. The molecule has 34 heavy (non-hydrogen) atoms. The number of pyridine rings is 1. The average Bonchev–Trinajstić information content (AvgIpc) is 3.37. The van der Waals surface area contributed by atoms with Gasteiger partial charge in [-0.05, 0) is 38.1 Å². The SMILES string of the molecule is CCOc1cc(-c2nccc(NCCn3c(C)cc4c(OC)ccc(F)c43)c2F)sc1C(=O)O. The number of fused-ring (bicyclic) bond motifs is 1. The molecule has 0 fully saturated rings. The zero-order valence-corrected chi connectivity index (χ0v) is 19.6. The smallest absolute Gasteiger partial charge is 0.349 e. The standard InChI is InChI=1S/C24H23F2N3O4S/c1-4-33-18-12-19(34-23(18)24(30)31)21-20(26)16(7-8-28-21)27-9-10-29-13(2)11-14-17(32-3)6-5-15(25)22(14)29/h5-8,11-12H,4,9-10H2,1-3H3,(H,27,28)(H,30,31). The van der Waals surface area contributed by atoms with Crippen LogP contribution in [0.3, 0.4) is 0 Å². The highest BCUT2D eigenvalue weighted by Gasteiger charge is 2.21. The molecule has 3 heterocycles. The second kappa shape index (κ2) is 9.68. The van der Waals surface area contributed by atoms with Crippen LogP contribution in [0.15, 0.2) is 36.5 Å². The summed E-state index contributed by atoms with van der Waals surface area (Å²) in [6, 6.07) is 7.79. The molecule has 0 aliphatic carbocycles. The molecule has 4 aromatic rings. The molecule has 0 amide bonds. The van der Waals surface area contributed by atoms with Gasteiger partial charge in [-0.25, -0.2) is 13.6 Å². The van der Waals surface area contributed by atoms with Crippen molar-refractivity contribution in [1.29, 1.82) is 0 Å². The Labute approximate surface area is 198 Å². The lowest BCUT2D eigenvalue weighted by Crippen LogP contribution is -2.13. The summed E-state index contributed by atoms with van der Waals surface area (Å²) in [4.78, 5) is 15.9. The highest BCUT2D eigenvalue weighted by molar-refractivity contribution is 7.17. The molecule has 0 saturated heterocycles. The summed E-state index contributed by atoms with van der Waals surface area (Å²) in [5.41, 5.74) is 1.51. The van der Waals surface area contributed by atoms with E-state index in [1.807, 2.05) is 17.6 Å². The van der Waals surface area contributed by atoms with Gasteiger partial charge in [0.05, 0.1) is 29.8 Å². The van der Waals surface area contributed by atoms with Crippen molar-refractivity contribution in [2.24, 2.45) is 0 Å². The lowest BCUT2D eigenvalue weighted by Gasteiger charge is -2.13. The first-order valence-corrected chi connectivity index (χ1v) is 11.4. The minimum absolute atomic E-state index is 0.0103. The number of anilines is 1. The van der Waals surface area contributed by atoms with E-state index in [2.05, 4.69) is 10.3 Å². The van der Waals surface area contributed by atoms with Gasteiger partial charge in [0.1, 0.15) is 23.0 Å². The van der Waals surface area contributed by atoms with Gasteiger partial charge >= 0.3 is 5.97 Å². The molecule has 4 rings (SSSR count). The molecule has 0 saturated carbocycles. The molecule has 178 valence electrons. The predicted octanol–water partition coefficient (Wildman–Crippen LogP) is 5.57. The van der Waals surface area contributed by atoms with E-state index in [1.54, 1.807) is 13.0 Å². The molecular weight excluding hydrogens is 464 g/mol. The summed E-state index contributed by atoms with van der Waals surface area (Å²) >= 11 is 0.901. The Morgan fingerprint density at radius 3 is 2.74 bits per heavy atom. The zero-order chi connectivity index (χ0) is 24.4. The van der Waals surface area contributed by atoms with Crippen LogP contribution in [0.25, 0.3) is 21.5 Å². The van der Waals surface area contributed by atoms with E-state index in [4.69, 9.17) is 9.47 Å². The third kappa shape index (κ3) is 4.28. The van der Waals surface area contributed by atoms with Crippen LogP contribution < -0.4 is 14.8 Å². The van der Waals surface area contributed by atoms with Crippen LogP contribution in [0.4, 0.5) is 14.5 Å². The van der Waals surface area contributed by atoms with Gasteiger partial charge in [-0.3, -0.25) is 4.98 Å². The topological polar surface area (TPSA) is 85.6 Å². The molecule has 0 aliphatic heterocycles. The number of rotatable bonds is 9. The van der Waals surface area contributed by atoms with Crippen LogP contribution in [0.1, 0.15) is 22.3 Å². The van der Waals surface area contributed by atoms with Gasteiger partial charge in [0.15, 0.2) is 10.7 Å². The van der Waals surface area contributed by atoms with Crippen LogP contribution in [0.5, 0.6) is 11.5 Å². The molecule has 0 unspecified atom stereocenters. The highest BCUT2D eigenvalue weighted by atomic mass is 32.1. The lowest BCUT2D eigenvalue weighted by molar-refractivity contribution is 0.0698. The third-order valence-electron chi connectivity index (χ3n) is 5.36. The maximum Gasteiger partial charge on any atom is 0.349 e. The van der Waals surface area contributed by atoms with Crippen molar-refractivity contribution < 1.29 is 28.2 Å². The number of aryl methyl sites for hydroxylation is 1. The number of hydrogen-bond acceptors (Lipinski definition) is 6. The van der Waals surface area contributed by atoms with Crippen molar-refractivity contribution in [2.75, 3.05) is 25.6 Å². The van der Waals surface area contributed by atoms with E-state index in [9.17, 15) is 14.3 Å².